The third kappa shape index (κ3) is 14.4. The molecule has 0 aromatic heterocycles. The lowest BCUT2D eigenvalue weighted by molar-refractivity contribution is 0.0989. The quantitative estimate of drug-likeness (QED) is 0.140. The molecule has 0 fully saturated rings. The van der Waals surface area contributed by atoms with Crippen LogP contribution in [0, 0.1) is 0 Å². The number of carbonyl (C=O) groups is 2. The molecule has 3 N–H and O–H groups in total. The van der Waals surface area contributed by atoms with Crippen molar-refractivity contribution in [2.45, 2.75) is 57.8 Å². The molecular weight excluding hydrogens is 897 g/mol. The molecule has 7 aliphatic rings. The molecular formula is C66H62N4O3. The Labute approximate surface area is 430 Å². The average molecular weight is 959 g/mol. The first-order chi connectivity index (χ1) is 35.7. The van der Waals surface area contributed by atoms with E-state index in [9.17, 15) is 9.59 Å². The fourth-order valence-corrected chi connectivity index (χ4v) is 8.99. The van der Waals surface area contributed by atoms with Crippen LogP contribution in [0.3, 0.4) is 0 Å². The van der Waals surface area contributed by atoms with E-state index < -0.39 is 0 Å². The number of anilines is 3. The average Bonchev–Trinajstić information content (AvgIpc) is 4.14. The summed E-state index contributed by atoms with van der Waals surface area (Å²) in [6.07, 6.45) is 19.1. The number of hydrogen-bond donors (Lipinski definition) is 3. The Hall–Kier alpha value is -8.81. The van der Waals surface area contributed by atoms with Crippen molar-refractivity contribution in [1.29, 1.82) is 0 Å². The van der Waals surface area contributed by atoms with E-state index >= 15 is 0 Å². The van der Waals surface area contributed by atoms with E-state index in [0.29, 0.717) is 18.7 Å². The monoisotopic (exact) mass is 958 g/mol. The van der Waals surface area contributed by atoms with Gasteiger partial charge in [0.2, 0.25) is 0 Å². The summed E-state index contributed by atoms with van der Waals surface area (Å²) in [6.45, 7) is 15.3. The Morgan fingerprint density at radius 2 is 0.945 bits per heavy atom. The highest BCUT2D eigenvalue weighted by molar-refractivity contribution is 6.09. The van der Waals surface area contributed by atoms with Gasteiger partial charge >= 0.3 is 0 Å². The highest BCUT2D eigenvalue weighted by atomic mass is 16.5. The largest absolute Gasteiger partial charge is 0.440 e. The second kappa shape index (κ2) is 25.3. The summed E-state index contributed by atoms with van der Waals surface area (Å²) in [7, 11) is 0. The number of hydrogen-bond acceptors (Lipinski definition) is 7. The SMILES string of the molecule is C=C1C=Cc2ccccc2C1.C=C1Cc2ccccc2N1.C=C1Cc2ccccc2N1.C=C1Nc2ccccc2O1.O=C1CC=Cc2ccccc21.O=C1CC=Nc2ccccc21.c1ccc2c(c1)CCCC2. The molecule has 0 atom stereocenters. The van der Waals surface area contributed by atoms with Crippen molar-refractivity contribution in [3.05, 3.63) is 281 Å². The number of para-hydroxylation sites is 5. The van der Waals surface area contributed by atoms with Crippen molar-refractivity contribution in [2.24, 2.45) is 4.99 Å². The number of aliphatic imine (C=N–C) groups is 1. The van der Waals surface area contributed by atoms with E-state index in [4.69, 9.17) is 4.74 Å². The van der Waals surface area contributed by atoms with E-state index in [1.54, 1.807) is 17.3 Å². The maximum Gasteiger partial charge on any atom is 0.190 e. The van der Waals surface area contributed by atoms with E-state index in [1.807, 2.05) is 97.1 Å². The predicted octanol–water partition coefficient (Wildman–Crippen LogP) is 15.9. The molecule has 4 heterocycles. The first-order valence-corrected chi connectivity index (χ1v) is 24.9. The predicted molar refractivity (Wildman–Crippen MR) is 305 cm³/mol. The van der Waals surface area contributed by atoms with Gasteiger partial charge in [-0.25, -0.2) is 0 Å². The van der Waals surface area contributed by atoms with Crippen LogP contribution in [0.2, 0.25) is 0 Å². The van der Waals surface area contributed by atoms with Gasteiger partial charge in [0.1, 0.15) is 0 Å². The number of aryl methyl sites for hydroxylation is 2. The number of nitrogens with zero attached hydrogens (tertiary/aromatic N) is 1. The number of carbonyl (C=O) groups excluding carboxylic acids is 2. The molecule has 73 heavy (non-hydrogen) atoms. The molecule has 4 aliphatic heterocycles. The van der Waals surface area contributed by atoms with Gasteiger partial charge in [0.15, 0.2) is 23.2 Å². The van der Waals surface area contributed by atoms with Crippen molar-refractivity contribution in [3.63, 3.8) is 0 Å². The molecule has 7 aromatic carbocycles. The normalized spacial score (nSPS) is 14.8. The van der Waals surface area contributed by atoms with Gasteiger partial charge in [-0.1, -0.05) is 183 Å². The Morgan fingerprint density at radius 3 is 1.55 bits per heavy atom. The van der Waals surface area contributed by atoms with Crippen LogP contribution in [0.15, 0.2) is 236 Å². The lowest BCUT2D eigenvalue weighted by Crippen LogP contribution is -2.03. The van der Waals surface area contributed by atoms with Crippen molar-refractivity contribution in [2.75, 3.05) is 16.0 Å². The summed E-state index contributed by atoms with van der Waals surface area (Å²) in [5.41, 5.74) is 18.8. The number of ether oxygens (including phenoxy) is 1. The van der Waals surface area contributed by atoms with Crippen LogP contribution < -0.4 is 20.7 Å². The minimum absolute atomic E-state index is 0.163. The van der Waals surface area contributed by atoms with Gasteiger partial charge in [0.25, 0.3) is 0 Å². The number of Topliss-reactive ketones (excluding diaryl/α,β-unsaturated/α-hetero) is 2. The van der Waals surface area contributed by atoms with Crippen LogP contribution in [-0.4, -0.2) is 17.8 Å². The molecule has 7 heteroatoms. The molecule has 0 unspecified atom stereocenters. The maximum atomic E-state index is 11.2. The molecule has 0 bridgehead atoms. The van der Waals surface area contributed by atoms with E-state index in [-0.39, 0.29) is 11.6 Å². The Kier molecular flexibility index (Phi) is 17.6. The van der Waals surface area contributed by atoms with Crippen LogP contribution >= 0.6 is 0 Å². The molecule has 7 nitrogen and oxygen atoms in total. The summed E-state index contributed by atoms with van der Waals surface area (Å²) >= 11 is 0. The molecule has 0 saturated heterocycles. The third-order valence-corrected chi connectivity index (χ3v) is 12.7. The number of fused-ring (bicyclic) bond motifs is 7. The van der Waals surface area contributed by atoms with Gasteiger partial charge in [-0.2, -0.15) is 0 Å². The molecule has 364 valence electrons. The van der Waals surface area contributed by atoms with E-state index in [0.717, 1.165) is 64.5 Å². The summed E-state index contributed by atoms with van der Waals surface area (Å²) in [4.78, 5) is 26.5. The highest BCUT2D eigenvalue weighted by Crippen LogP contribution is 2.32. The molecule has 3 aliphatic carbocycles. The number of benzene rings is 7. The van der Waals surface area contributed by atoms with Gasteiger partial charge < -0.3 is 20.7 Å². The minimum atomic E-state index is 0.163. The van der Waals surface area contributed by atoms with Crippen LogP contribution in [0.5, 0.6) is 5.75 Å². The number of ketones is 2. The number of rotatable bonds is 0. The van der Waals surface area contributed by atoms with Crippen molar-refractivity contribution < 1.29 is 14.3 Å². The molecule has 0 saturated carbocycles. The lowest BCUT2D eigenvalue weighted by atomic mass is 9.92. The van der Waals surface area contributed by atoms with Gasteiger partial charge in [0, 0.05) is 65.8 Å². The zero-order chi connectivity index (χ0) is 50.8. The van der Waals surface area contributed by atoms with Crippen molar-refractivity contribution in [1.82, 2.24) is 0 Å². The fourth-order valence-electron chi connectivity index (χ4n) is 8.99. The zero-order valence-electron chi connectivity index (χ0n) is 41.4. The summed E-state index contributed by atoms with van der Waals surface area (Å²) < 4.78 is 5.20. The molecule has 0 amide bonds. The standard InChI is InChI=1S/C11H10.C10H8O.C10H12.C9H7NO.2C9H9N.C8H7NO/c1-9-6-7-10-4-2-3-5-11(10)8-9;11-10-7-3-5-8-4-1-2-6-9(8)10;1-2-6-10-8-4-3-7-9(10)5-1;11-9-5-6-10-8-4-2-1-3-7(8)9;2*1-7-6-8-4-2-3-5-9(8)10-7;1-6-9-7-4-2-3-5-8(7)10-6/h2-7H,1,8H2;1-6H,7H2;1-2,5-6H,3-4,7-8H2;1-4,6H,5H2;2*2-5,10H,1,6H2;2-5,9H,1H2. The number of nitrogens with one attached hydrogen (secondary N) is 3. The zero-order valence-corrected chi connectivity index (χ0v) is 41.4. The first kappa shape index (κ1) is 50.6. The number of allylic oxidation sites excluding steroid dienone is 5. The minimum Gasteiger partial charge on any atom is -0.440 e. The van der Waals surface area contributed by atoms with Crippen molar-refractivity contribution in [3.8, 4) is 5.75 Å². The summed E-state index contributed by atoms with van der Waals surface area (Å²) in [5, 5.41) is 9.39. The van der Waals surface area contributed by atoms with Crippen LogP contribution in [-0.2, 0) is 32.1 Å². The van der Waals surface area contributed by atoms with E-state index in [1.165, 1.54) is 64.9 Å². The van der Waals surface area contributed by atoms with Gasteiger partial charge in [-0.05, 0) is 114 Å². The van der Waals surface area contributed by atoms with Gasteiger partial charge in [-0.15, -0.1) is 0 Å². The van der Waals surface area contributed by atoms with Crippen LogP contribution in [0.4, 0.5) is 22.7 Å². The highest BCUT2D eigenvalue weighted by Gasteiger charge is 2.15. The third-order valence-electron chi connectivity index (χ3n) is 12.7. The fraction of sp³-hybridized carbons (Fsp3) is 0.136. The Balaban J connectivity index is 0.000000114. The van der Waals surface area contributed by atoms with E-state index in [2.05, 4.69) is 144 Å². The summed E-state index contributed by atoms with van der Waals surface area (Å²) in [5.74, 6) is 1.84. The topological polar surface area (TPSA) is 91.8 Å². The lowest BCUT2D eigenvalue weighted by Gasteiger charge is -2.13. The first-order valence-electron chi connectivity index (χ1n) is 24.9. The Morgan fingerprint density at radius 1 is 0.438 bits per heavy atom. The second-order valence-corrected chi connectivity index (χ2v) is 18.2. The Bertz CT molecular complexity index is 2930. The second-order valence-electron chi connectivity index (χ2n) is 18.2. The summed E-state index contributed by atoms with van der Waals surface area (Å²) in [6, 6.07) is 56.6. The molecule has 0 spiro atoms. The molecule has 0 radical (unpaired) electrons. The van der Waals surface area contributed by atoms with Gasteiger partial charge in [-0.3, -0.25) is 14.6 Å². The van der Waals surface area contributed by atoms with Crippen molar-refractivity contribution >= 4 is 52.7 Å². The molecule has 14 rings (SSSR count). The molecule has 7 aromatic rings. The van der Waals surface area contributed by atoms with Gasteiger partial charge in [0.05, 0.1) is 11.4 Å². The van der Waals surface area contributed by atoms with Crippen LogP contribution in [0.1, 0.15) is 85.3 Å². The van der Waals surface area contributed by atoms with Crippen LogP contribution in [0.25, 0.3) is 12.2 Å². The smallest absolute Gasteiger partial charge is 0.190 e. The maximum absolute atomic E-state index is 11.2.